The van der Waals surface area contributed by atoms with Crippen molar-refractivity contribution in [2.45, 2.75) is 51.0 Å². The molecule has 0 aromatic heterocycles. The Labute approximate surface area is 151 Å². The number of hydrogen-bond donors (Lipinski definition) is 1. The maximum atomic E-state index is 12.8. The lowest BCUT2D eigenvalue weighted by Gasteiger charge is -2.38. The second kappa shape index (κ2) is 7.43. The quantitative estimate of drug-likeness (QED) is 0.858. The summed E-state index contributed by atoms with van der Waals surface area (Å²) in [4.78, 5) is 14.5. The first-order valence-corrected chi connectivity index (χ1v) is 10.2. The molecule has 1 aromatic rings. The third kappa shape index (κ3) is 4.22. The lowest BCUT2D eigenvalue weighted by molar-refractivity contribution is -0.137. The summed E-state index contributed by atoms with van der Waals surface area (Å²) in [6.45, 7) is 8.94. The van der Waals surface area contributed by atoms with Gasteiger partial charge in [-0.15, -0.1) is 0 Å². The topological polar surface area (TPSA) is 83.7 Å². The number of sulfonamides is 1. The molecule has 1 fully saturated rings. The summed E-state index contributed by atoms with van der Waals surface area (Å²) in [6, 6.07) is 5.18. The van der Waals surface area contributed by atoms with Crippen LogP contribution in [0.4, 0.5) is 0 Å². The molecule has 1 heterocycles. The number of rotatable bonds is 5. The molecule has 1 saturated heterocycles. The summed E-state index contributed by atoms with van der Waals surface area (Å²) in [5, 5.41) is 0. The van der Waals surface area contributed by atoms with Gasteiger partial charge in [0, 0.05) is 26.2 Å². The van der Waals surface area contributed by atoms with Gasteiger partial charge in [-0.3, -0.25) is 4.79 Å². The van der Waals surface area contributed by atoms with E-state index in [1.165, 1.54) is 4.31 Å². The van der Waals surface area contributed by atoms with E-state index in [9.17, 15) is 13.2 Å². The number of carbonyl (C=O) groups is 1. The average molecular weight is 368 g/mol. The van der Waals surface area contributed by atoms with E-state index in [4.69, 9.17) is 5.73 Å². The molecule has 1 amide bonds. The van der Waals surface area contributed by atoms with Gasteiger partial charge in [-0.2, -0.15) is 4.31 Å². The van der Waals surface area contributed by atoms with Crippen LogP contribution in [0.5, 0.6) is 0 Å². The molecule has 0 spiro atoms. The Morgan fingerprint density at radius 2 is 1.76 bits per heavy atom. The fourth-order valence-electron chi connectivity index (χ4n) is 3.14. The van der Waals surface area contributed by atoms with E-state index < -0.39 is 15.6 Å². The van der Waals surface area contributed by atoms with E-state index in [0.29, 0.717) is 37.5 Å². The van der Waals surface area contributed by atoms with Gasteiger partial charge in [0.2, 0.25) is 15.9 Å². The van der Waals surface area contributed by atoms with E-state index in [0.717, 1.165) is 17.5 Å². The van der Waals surface area contributed by atoms with Gasteiger partial charge in [0.25, 0.3) is 0 Å². The van der Waals surface area contributed by atoms with Gasteiger partial charge < -0.3 is 10.6 Å². The van der Waals surface area contributed by atoms with Crippen molar-refractivity contribution in [3.8, 4) is 0 Å². The minimum atomic E-state index is -3.53. The average Bonchev–Trinajstić information content (AvgIpc) is 2.56. The van der Waals surface area contributed by atoms with Crippen LogP contribution in [0.2, 0.25) is 0 Å². The number of nitrogens with two attached hydrogens (primary N) is 1. The van der Waals surface area contributed by atoms with Crippen molar-refractivity contribution in [2.24, 2.45) is 5.73 Å². The molecular formula is C18H29N3O3S. The third-order valence-corrected chi connectivity index (χ3v) is 6.79. The summed E-state index contributed by atoms with van der Waals surface area (Å²) >= 11 is 0. The molecule has 1 aromatic carbocycles. The van der Waals surface area contributed by atoms with Gasteiger partial charge in [0.15, 0.2) is 0 Å². The molecular weight excluding hydrogens is 338 g/mol. The fraction of sp³-hybridized carbons (Fsp3) is 0.611. The molecule has 7 heteroatoms. The third-order valence-electron chi connectivity index (χ3n) is 4.90. The van der Waals surface area contributed by atoms with Gasteiger partial charge in [0.1, 0.15) is 0 Å². The maximum Gasteiger partial charge on any atom is 0.243 e. The van der Waals surface area contributed by atoms with Crippen LogP contribution < -0.4 is 5.73 Å². The molecule has 1 atom stereocenters. The van der Waals surface area contributed by atoms with Crippen molar-refractivity contribution in [3.05, 3.63) is 29.3 Å². The molecule has 6 nitrogen and oxygen atoms in total. The van der Waals surface area contributed by atoms with Crippen molar-refractivity contribution in [2.75, 3.05) is 26.2 Å². The number of benzene rings is 1. The molecule has 1 aliphatic rings. The van der Waals surface area contributed by atoms with E-state index in [1.54, 1.807) is 24.0 Å². The first-order valence-electron chi connectivity index (χ1n) is 8.75. The van der Waals surface area contributed by atoms with Crippen molar-refractivity contribution in [3.63, 3.8) is 0 Å². The zero-order valence-corrected chi connectivity index (χ0v) is 16.4. The van der Waals surface area contributed by atoms with Crippen LogP contribution in [0.25, 0.3) is 0 Å². The minimum Gasteiger partial charge on any atom is -0.338 e. The smallest absolute Gasteiger partial charge is 0.243 e. The van der Waals surface area contributed by atoms with Crippen molar-refractivity contribution < 1.29 is 13.2 Å². The first-order chi connectivity index (χ1) is 11.6. The van der Waals surface area contributed by atoms with E-state index in [1.807, 2.05) is 26.8 Å². The Bertz CT molecular complexity index is 736. The predicted molar refractivity (Wildman–Crippen MR) is 98.8 cm³/mol. The standard InChI is InChI=1S/C18H29N3O3S/c1-5-8-18(4,19)17(22)20-9-11-21(12-10-20)25(23,24)16-7-6-14(2)15(3)13-16/h6-7,13H,5,8-12,19H2,1-4H3. The highest BCUT2D eigenvalue weighted by Gasteiger charge is 2.36. The molecule has 0 saturated carbocycles. The van der Waals surface area contributed by atoms with E-state index in [-0.39, 0.29) is 5.91 Å². The zero-order chi connectivity index (χ0) is 18.8. The molecule has 0 radical (unpaired) electrons. The van der Waals surface area contributed by atoms with Crippen molar-refractivity contribution in [1.29, 1.82) is 0 Å². The number of nitrogens with zero attached hydrogens (tertiary/aromatic N) is 2. The summed E-state index contributed by atoms with van der Waals surface area (Å²) in [5.41, 5.74) is 7.25. The van der Waals surface area contributed by atoms with Crippen molar-refractivity contribution >= 4 is 15.9 Å². The number of carbonyl (C=O) groups excluding carboxylic acids is 1. The molecule has 2 rings (SSSR count). The lowest BCUT2D eigenvalue weighted by atomic mass is 9.95. The highest BCUT2D eigenvalue weighted by Crippen LogP contribution is 2.21. The minimum absolute atomic E-state index is 0.0995. The van der Waals surface area contributed by atoms with Gasteiger partial charge in [-0.1, -0.05) is 19.4 Å². The summed E-state index contributed by atoms with van der Waals surface area (Å²) in [7, 11) is -3.53. The molecule has 1 aliphatic heterocycles. The number of hydrogen-bond acceptors (Lipinski definition) is 4. The molecule has 0 aliphatic carbocycles. The fourth-order valence-corrected chi connectivity index (χ4v) is 4.65. The van der Waals surface area contributed by atoms with Crippen LogP contribution in [0.3, 0.4) is 0 Å². The highest BCUT2D eigenvalue weighted by atomic mass is 32.2. The van der Waals surface area contributed by atoms with Gasteiger partial charge in [-0.25, -0.2) is 8.42 Å². The normalized spacial score (nSPS) is 18.8. The summed E-state index contributed by atoms with van der Waals surface area (Å²) in [6.07, 6.45) is 1.45. The first kappa shape index (κ1) is 19.9. The van der Waals surface area contributed by atoms with Crippen LogP contribution >= 0.6 is 0 Å². The Balaban J connectivity index is 2.08. The highest BCUT2D eigenvalue weighted by molar-refractivity contribution is 7.89. The number of amides is 1. The van der Waals surface area contributed by atoms with Crippen LogP contribution in [-0.2, 0) is 14.8 Å². The van der Waals surface area contributed by atoms with Gasteiger partial charge in [-0.05, 0) is 50.5 Å². The molecule has 0 bridgehead atoms. The molecule has 140 valence electrons. The number of piperazine rings is 1. The second-order valence-corrected chi connectivity index (χ2v) is 9.05. The van der Waals surface area contributed by atoms with Crippen LogP contribution in [0.15, 0.2) is 23.1 Å². The Morgan fingerprint density at radius 3 is 2.28 bits per heavy atom. The monoisotopic (exact) mass is 367 g/mol. The SMILES string of the molecule is CCCC(C)(N)C(=O)N1CCN(S(=O)(=O)c2ccc(C)c(C)c2)CC1. The molecule has 2 N–H and O–H groups in total. The Hall–Kier alpha value is -1.44. The second-order valence-electron chi connectivity index (χ2n) is 7.11. The van der Waals surface area contributed by atoms with Gasteiger partial charge in [0.05, 0.1) is 10.4 Å². The predicted octanol–water partition coefficient (Wildman–Crippen LogP) is 1.65. The zero-order valence-electron chi connectivity index (χ0n) is 15.6. The van der Waals surface area contributed by atoms with E-state index >= 15 is 0 Å². The van der Waals surface area contributed by atoms with Crippen LogP contribution in [0.1, 0.15) is 37.8 Å². The summed E-state index contributed by atoms with van der Waals surface area (Å²) in [5.74, 6) is -0.0995. The lowest BCUT2D eigenvalue weighted by Crippen LogP contribution is -2.58. The van der Waals surface area contributed by atoms with Crippen LogP contribution in [0, 0.1) is 13.8 Å². The van der Waals surface area contributed by atoms with Crippen molar-refractivity contribution in [1.82, 2.24) is 9.21 Å². The molecule has 1 unspecified atom stereocenters. The van der Waals surface area contributed by atoms with E-state index in [2.05, 4.69) is 0 Å². The number of aryl methyl sites for hydroxylation is 2. The Morgan fingerprint density at radius 1 is 1.16 bits per heavy atom. The van der Waals surface area contributed by atoms with Crippen LogP contribution in [-0.4, -0.2) is 55.2 Å². The summed E-state index contributed by atoms with van der Waals surface area (Å²) < 4.78 is 27.1. The Kier molecular flexibility index (Phi) is 5.91. The molecule has 25 heavy (non-hydrogen) atoms. The van der Waals surface area contributed by atoms with Gasteiger partial charge >= 0.3 is 0 Å². The maximum absolute atomic E-state index is 12.8. The largest absolute Gasteiger partial charge is 0.338 e.